The molecule has 9 nitrogen and oxygen atoms in total. The van der Waals surface area contributed by atoms with Crippen molar-refractivity contribution in [3.05, 3.63) is 57.9 Å². The number of nitrogens with one attached hydrogen (secondary N) is 1. The van der Waals surface area contributed by atoms with Gasteiger partial charge in [-0.25, -0.2) is 4.79 Å². The summed E-state index contributed by atoms with van der Waals surface area (Å²) in [4.78, 5) is 37.4. The largest absolute Gasteiger partial charge is 0.459 e. The Bertz CT molecular complexity index is 1280. The molecule has 2 heterocycles. The first-order valence-electron chi connectivity index (χ1n) is 10.5. The number of esters is 1. The van der Waals surface area contributed by atoms with Crippen molar-refractivity contribution in [2.45, 2.75) is 38.6 Å². The number of halogens is 1. The highest BCUT2D eigenvalue weighted by atomic mass is 35.5. The molecule has 0 saturated heterocycles. The molecule has 0 aliphatic carbocycles. The smallest absolute Gasteiger partial charge is 0.341 e. The molecule has 0 atom stereocenters. The summed E-state index contributed by atoms with van der Waals surface area (Å²) < 4.78 is 7.10. The van der Waals surface area contributed by atoms with Gasteiger partial charge in [-0.05, 0) is 38.5 Å². The summed E-state index contributed by atoms with van der Waals surface area (Å²) in [6, 6.07) is 7.22. The van der Waals surface area contributed by atoms with E-state index in [1.165, 1.54) is 11.8 Å². The molecule has 3 aromatic rings. The maximum Gasteiger partial charge on any atom is 0.341 e. The van der Waals surface area contributed by atoms with Crippen LogP contribution in [0.1, 0.15) is 39.4 Å². The Kier molecular flexibility index (Phi) is 8.71. The van der Waals surface area contributed by atoms with Crippen LogP contribution in [0.15, 0.2) is 42.1 Å². The lowest BCUT2D eigenvalue weighted by atomic mass is 10.1. The Hall–Kier alpha value is -3.15. The maximum atomic E-state index is 12.8. The lowest BCUT2D eigenvalue weighted by molar-refractivity contribution is -0.113. The Balaban J connectivity index is 1.80. The average Bonchev–Trinajstić information content (AvgIpc) is 3.32. The fourth-order valence-electron chi connectivity index (χ4n) is 3.18. The number of benzene rings is 1. The van der Waals surface area contributed by atoms with Crippen molar-refractivity contribution in [3.63, 3.8) is 0 Å². The highest BCUT2D eigenvalue weighted by Gasteiger charge is 2.26. The van der Waals surface area contributed by atoms with Crippen molar-refractivity contribution < 1.29 is 19.1 Å². The van der Waals surface area contributed by atoms with Gasteiger partial charge in [0.05, 0.1) is 22.3 Å². The maximum absolute atomic E-state index is 12.8. The average molecular weight is 534 g/mol. The molecular formula is C23H24ClN5O4S2. The third kappa shape index (κ3) is 6.30. The molecule has 3 N–H and O–H groups in total. The molecule has 2 amide bonds. The number of nitrogens with two attached hydrogens (primary N) is 1. The normalized spacial score (nSPS) is 10.9. The number of carbonyl (C=O) groups is 3. The molecule has 0 bridgehead atoms. The summed E-state index contributed by atoms with van der Waals surface area (Å²) in [5, 5.41) is 12.5. The molecule has 0 fully saturated rings. The summed E-state index contributed by atoms with van der Waals surface area (Å²) in [5.74, 6) is -1.16. The lowest BCUT2D eigenvalue weighted by Crippen LogP contribution is -2.18. The van der Waals surface area contributed by atoms with Gasteiger partial charge in [0.1, 0.15) is 5.00 Å². The number of rotatable bonds is 10. The van der Waals surface area contributed by atoms with Crippen LogP contribution in [0.4, 0.5) is 5.00 Å². The molecule has 1 aromatic carbocycles. The predicted octanol–water partition coefficient (Wildman–Crippen LogP) is 4.55. The molecule has 0 saturated carbocycles. The van der Waals surface area contributed by atoms with Crippen LogP contribution in [0.25, 0.3) is 11.4 Å². The first-order chi connectivity index (χ1) is 16.6. The zero-order chi connectivity index (χ0) is 25.7. The van der Waals surface area contributed by atoms with E-state index >= 15 is 0 Å². The minimum Gasteiger partial charge on any atom is -0.459 e. The lowest BCUT2D eigenvalue weighted by Gasteiger charge is -2.10. The van der Waals surface area contributed by atoms with Crippen LogP contribution >= 0.6 is 34.7 Å². The summed E-state index contributed by atoms with van der Waals surface area (Å²) in [5.41, 5.74) is 6.71. The quantitative estimate of drug-likeness (QED) is 0.222. The van der Waals surface area contributed by atoms with Gasteiger partial charge in [0.25, 0.3) is 5.91 Å². The monoisotopic (exact) mass is 533 g/mol. The number of nitrogens with zero attached hydrogens (tertiary/aromatic N) is 3. The SMILES string of the molecule is C=CCn1c(SCC(=O)Nc2sc(C(N)=O)c(C)c2C(=O)OC(C)C)nnc1-c1cccc(Cl)c1. The van der Waals surface area contributed by atoms with Crippen LogP contribution in [-0.4, -0.2) is 44.4 Å². The van der Waals surface area contributed by atoms with E-state index in [1.54, 1.807) is 39.0 Å². The Morgan fingerprint density at radius 3 is 2.71 bits per heavy atom. The minimum absolute atomic E-state index is 0.0215. The van der Waals surface area contributed by atoms with Gasteiger partial charge in [0.15, 0.2) is 11.0 Å². The second-order valence-electron chi connectivity index (χ2n) is 7.63. The van der Waals surface area contributed by atoms with Crippen molar-refractivity contribution in [1.29, 1.82) is 0 Å². The van der Waals surface area contributed by atoms with Gasteiger partial charge in [-0.3, -0.25) is 14.2 Å². The number of ether oxygens (including phenoxy) is 1. The zero-order valence-electron chi connectivity index (χ0n) is 19.3. The van der Waals surface area contributed by atoms with Gasteiger partial charge in [-0.15, -0.1) is 28.1 Å². The highest BCUT2D eigenvalue weighted by Crippen LogP contribution is 2.34. The van der Waals surface area contributed by atoms with E-state index < -0.39 is 17.8 Å². The first kappa shape index (κ1) is 26.5. The third-order valence-electron chi connectivity index (χ3n) is 4.61. The number of hydrogen-bond donors (Lipinski definition) is 2. The number of hydrogen-bond acceptors (Lipinski definition) is 8. The van der Waals surface area contributed by atoms with Crippen LogP contribution in [0, 0.1) is 6.92 Å². The van der Waals surface area contributed by atoms with Crippen molar-refractivity contribution in [2.75, 3.05) is 11.1 Å². The molecule has 0 radical (unpaired) electrons. The molecule has 12 heteroatoms. The van der Waals surface area contributed by atoms with Crippen LogP contribution in [-0.2, 0) is 16.1 Å². The van der Waals surface area contributed by atoms with Gasteiger partial charge in [-0.1, -0.05) is 41.6 Å². The van der Waals surface area contributed by atoms with E-state index in [-0.39, 0.29) is 27.3 Å². The number of carbonyl (C=O) groups excluding carboxylic acids is 3. The van der Waals surface area contributed by atoms with Crippen molar-refractivity contribution in [1.82, 2.24) is 14.8 Å². The zero-order valence-corrected chi connectivity index (χ0v) is 21.7. The van der Waals surface area contributed by atoms with Crippen LogP contribution in [0.5, 0.6) is 0 Å². The molecular weight excluding hydrogens is 510 g/mol. The minimum atomic E-state index is -0.688. The van der Waals surface area contributed by atoms with Gasteiger partial charge in [0, 0.05) is 17.1 Å². The van der Waals surface area contributed by atoms with E-state index in [0.717, 1.165) is 16.9 Å². The van der Waals surface area contributed by atoms with Gasteiger partial charge in [0.2, 0.25) is 5.91 Å². The molecule has 0 spiro atoms. The third-order valence-corrected chi connectivity index (χ3v) is 7.04. The number of thiophene rings is 1. The van der Waals surface area contributed by atoms with Crippen LogP contribution in [0.2, 0.25) is 5.02 Å². The van der Waals surface area contributed by atoms with E-state index in [9.17, 15) is 14.4 Å². The van der Waals surface area contributed by atoms with E-state index in [1.807, 2.05) is 16.7 Å². The summed E-state index contributed by atoms with van der Waals surface area (Å²) in [6.07, 6.45) is 1.33. The van der Waals surface area contributed by atoms with Gasteiger partial charge >= 0.3 is 5.97 Å². The van der Waals surface area contributed by atoms with Crippen LogP contribution in [0.3, 0.4) is 0 Å². The summed E-state index contributed by atoms with van der Waals surface area (Å²) in [7, 11) is 0. The number of primary amides is 1. The van der Waals surface area contributed by atoms with Crippen molar-refractivity contribution >= 4 is 57.5 Å². The van der Waals surface area contributed by atoms with Crippen molar-refractivity contribution in [2.24, 2.45) is 5.73 Å². The molecule has 0 aliphatic rings. The number of aromatic nitrogens is 3. The van der Waals surface area contributed by atoms with Crippen LogP contribution < -0.4 is 11.1 Å². The standard InChI is InChI=1S/C23H24ClN5O4S2/c1-5-9-29-20(14-7-6-8-15(24)10-14)27-28-23(29)34-11-16(30)26-21-17(22(32)33-12(2)3)13(4)18(35-21)19(25)31/h5-8,10,12H,1,9,11H2,2-4H3,(H2,25,31)(H,26,30). The summed E-state index contributed by atoms with van der Waals surface area (Å²) in [6.45, 7) is 9.21. The number of allylic oxidation sites excluding steroid dienone is 1. The Morgan fingerprint density at radius 2 is 2.09 bits per heavy atom. The van der Waals surface area contributed by atoms with Crippen molar-refractivity contribution in [3.8, 4) is 11.4 Å². The molecule has 3 rings (SSSR count). The fourth-order valence-corrected chi connectivity index (χ4v) is 5.18. The second-order valence-corrected chi connectivity index (χ2v) is 10.0. The second kappa shape index (κ2) is 11.5. The van der Waals surface area contributed by atoms with E-state index in [0.29, 0.717) is 28.1 Å². The number of thioether (sulfide) groups is 1. The number of anilines is 1. The summed E-state index contributed by atoms with van der Waals surface area (Å²) >= 11 is 8.22. The first-order valence-corrected chi connectivity index (χ1v) is 12.7. The number of amides is 2. The van der Waals surface area contributed by atoms with E-state index in [2.05, 4.69) is 22.1 Å². The Labute approximate surface area is 215 Å². The highest BCUT2D eigenvalue weighted by molar-refractivity contribution is 7.99. The Morgan fingerprint density at radius 1 is 1.34 bits per heavy atom. The predicted molar refractivity (Wildman–Crippen MR) is 138 cm³/mol. The molecule has 35 heavy (non-hydrogen) atoms. The molecule has 0 aliphatic heterocycles. The fraction of sp³-hybridized carbons (Fsp3) is 0.261. The molecule has 184 valence electrons. The molecule has 0 unspecified atom stereocenters. The van der Waals surface area contributed by atoms with Gasteiger partial charge < -0.3 is 15.8 Å². The van der Waals surface area contributed by atoms with Gasteiger partial charge in [-0.2, -0.15) is 0 Å². The molecule has 2 aromatic heterocycles. The topological polar surface area (TPSA) is 129 Å². The van der Waals surface area contributed by atoms with E-state index in [4.69, 9.17) is 22.1 Å².